The molecule has 0 bridgehead atoms. The second-order valence-electron chi connectivity index (χ2n) is 12.0. The first-order valence-electron chi connectivity index (χ1n) is 15.5. The van der Waals surface area contributed by atoms with Gasteiger partial charge in [0, 0.05) is 55.2 Å². The first-order chi connectivity index (χ1) is 22.6. The summed E-state index contributed by atoms with van der Waals surface area (Å²) in [6.45, 7) is 12.1. The summed E-state index contributed by atoms with van der Waals surface area (Å²) < 4.78 is 17.2. The normalized spacial score (nSPS) is 12.6. The average Bonchev–Trinajstić information content (AvgIpc) is 3.32. The van der Waals surface area contributed by atoms with Crippen LogP contribution in [0.5, 0.6) is 0 Å². The SMILES string of the molecule is C=C/C(=C\NC)NC1=CC=Cn2c(C#Cc3cc(C(=O)Nc4cc(-c5ccncc5)cc(C(C)(C)CC)c4)c(F)cc3C)cnc2C1. The number of carbonyl (C=O) groups excluding carboxylic acids is 1. The van der Waals surface area contributed by atoms with Gasteiger partial charge in [0.1, 0.15) is 17.3 Å². The lowest BCUT2D eigenvalue weighted by Gasteiger charge is -2.25. The number of rotatable bonds is 9. The number of benzene rings is 2. The van der Waals surface area contributed by atoms with Crippen LogP contribution in [0.1, 0.15) is 65.8 Å². The molecule has 0 unspecified atom stereocenters. The third kappa shape index (κ3) is 7.59. The van der Waals surface area contributed by atoms with Crippen LogP contribution >= 0.6 is 0 Å². The molecule has 47 heavy (non-hydrogen) atoms. The van der Waals surface area contributed by atoms with E-state index in [2.05, 4.69) is 71.2 Å². The van der Waals surface area contributed by atoms with E-state index in [9.17, 15) is 4.79 Å². The van der Waals surface area contributed by atoms with E-state index in [0.29, 0.717) is 28.9 Å². The number of hydrogen-bond donors (Lipinski definition) is 3. The molecular weight excluding hydrogens is 587 g/mol. The quantitative estimate of drug-likeness (QED) is 0.133. The van der Waals surface area contributed by atoms with Crippen molar-refractivity contribution in [3.63, 3.8) is 0 Å². The molecule has 0 fully saturated rings. The van der Waals surface area contributed by atoms with Gasteiger partial charge in [-0.3, -0.25) is 14.3 Å². The molecule has 0 saturated heterocycles. The molecule has 1 aliphatic heterocycles. The van der Waals surface area contributed by atoms with Gasteiger partial charge < -0.3 is 16.0 Å². The maximum atomic E-state index is 15.3. The molecule has 5 rings (SSSR count). The molecule has 0 aliphatic carbocycles. The van der Waals surface area contributed by atoms with E-state index in [0.717, 1.165) is 40.3 Å². The van der Waals surface area contributed by atoms with Crippen molar-refractivity contribution in [3.05, 3.63) is 143 Å². The number of anilines is 1. The third-order valence-corrected chi connectivity index (χ3v) is 8.33. The number of hydrogen-bond acceptors (Lipinski definition) is 5. The van der Waals surface area contributed by atoms with Gasteiger partial charge in [0.05, 0.1) is 17.5 Å². The fourth-order valence-electron chi connectivity index (χ4n) is 5.15. The van der Waals surface area contributed by atoms with Gasteiger partial charge >= 0.3 is 0 Å². The first kappa shape index (κ1) is 32.7. The number of fused-ring (bicyclic) bond motifs is 1. The number of imidazole rings is 1. The predicted octanol–water partition coefficient (Wildman–Crippen LogP) is 7.48. The van der Waals surface area contributed by atoms with Gasteiger partial charge in [-0.15, -0.1) is 0 Å². The lowest BCUT2D eigenvalue weighted by Crippen LogP contribution is -2.18. The molecule has 3 heterocycles. The Hall–Kier alpha value is -5.68. The van der Waals surface area contributed by atoms with E-state index in [-0.39, 0.29) is 11.0 Å². The summed E-state index contributed by atoms with van der Waals surface area (Å²) >= 11 is 0. The van der Waals surface area contributed by atoms with E-state index in [1.165, 1.54) is 12.1 Å². The van der Waals surface area contributed by atoms with Crippen LogP contribution in [0.25, 0.3) is 17.3 Å². The van der Waals surface area contributed by atoms with E-state index < -0.39 is 11.7 Å². The minimum absolute atomic E-state index is 0.0786. The summed E-state index contributed by atoms with van der Waals surface area (Å²) in [6.07, 6.45) is 16.0. The highest BCUT2D eigenvalue weighted by molar-refractivity contribution is 6.05. The maximum absolute atomic E-state index is 15.3. The van der Waals surface area contributed by atoms with Crippen LogP contribution in [-0.2, 0) is 11.8 Å². The summed E-state index contributed by atoms with van der Waals surface area (Å²) in [5.41, 5.74) is 7.02. The molecule has 0 spiro atoms. The van der Waals surface area contributed by atoms with Crippen LogP contribution in [-0.4, -0.2) is 27.5 Å². The Morgan fingerprint density at radius 1 is 1.11 bits per heavy atom. The molecule has 1 amide bonds. The Kier molecular flexibility index (Phi) is 9.86. The first-order valence-corrected chi connectivity index (χ1v) is 15.5. The molecule has 1 aliphatic rings. The zero-order valence-corrected chi connectivity index (χ0v) is 27.4. The monoisotopic (exact) mass is 626 g/mol. The fourth-order valence-corrected chi connectivity index (χ4v) is 5.15. The number of amides is 1. The smallest absolute Gasteiger partial charge is 0.258 e. The number of carbonyl (C=O) groups is 1. The molecule has 238 valence electrons. The summed E-state index contributed by atoms with van der Waals surface area (Å²) in [4.78, 5) is 22.3. The van der Waals surface area contributed by atoms with E-state index in [4.69, 9.17) is 0 Å². The predicted molar refractivity (Wildman–Crippen MR) is 188 cm³/mol. The van der Waals surface area contributed by atoms with Crippen molar-refractivity contribution in [3.8, 4) is 23.0 Å². The molecule has 2 aromatic carbocycles. The zero-order valence-electron chi connectivity index (χ0n) is 27.4. The van der Waals surface area contributed by atoms with Gasteiger partial charge in [0.25, 0.3) is 5.91 Å². The highest BCUT2D eigenvalue weighted by Crippen LogP contribution is 2.33. The maximum Gasteiger partial charge on any atom is 0.258 e. The van der Waals surface area contributed by atoms with Crippen molar-refractivity contribution in [1.29, 1.82) is 0 Å². The standard InChI is InChI=1S/C39H39FN6O/c1-7-31(24-41-6)44-32-10-9-17-46-34(25-43-37(46)23-32)12-11-28-21-35(36(40)18-26(28)3)38(47)45-33-20-29(27-13-15-42-16-14-27)19-30(22-33)39(4,5)8-2/h7,9-10,13-22,24-25,41,44H,1,8,23H2,2-6H3,(H,45,47)/b31-24+. The van der Waals surface area contributed by atoms with Crippen LogP contribution in [0.15, 0.2) is 103 Å². The second kappa shape index (κ2) is 14.2. The van der Waals surface area contributed by atoms with Gasteiger partial charge in [-0.25, -0.2) is 9.37 Å². The van der Waals surface area contributed by atoms with Crippen molar-refractivity contribution in [2.75, 3.05) is 12.4 Å². The molecular formula is C39H39FN6O. The van der Waals surface area contributed by atoms with Gasteiger partial charge in [-0.1, -0.05) is 39.3 Å². The van der Waals surface area contributed by atoms with Crippen LogP contribution in [0.2, 0.25) is 0 Å². The van der Waals surface area contributed by atoms with Gasteiger partial charge in [0.2, 0.25) is 0 Å². The lowest BCUT2D eigenvalue weighted by atomic mass is 9.81. The number of aromatic nitrogens is 3. The summed E-state index contributed by atoms with van der Waals surface area (Å²) in [6, 6.07) is 12.7. The second-order valence-corrected chi connectivity index (χ2v) is 12.0. The van der Waals surface area contributed by atoms with Gasteiger partial charge in [-0.05, 0) is 102 Å². The largest absolute Gasteiger partial charge is 0.392 e. The van der Waals surface area contributed by atoms with Crippen molar-refractivity contribution >= 4 is 17.8 Å². The van der Waals surface area contributed by atoms with Crippen LogP contribution < -0.4 is 16.0 Å². The lowest BCUT2D eigenvalue weighted by molar-refractivity contribution is 0.102. The number of nitrogens with one attached hydrogen (secondary N) is 3. The molecule has 7 nitrogen and oxygen atoms in total. The molecule has 8 heteroatoms. The Balaban J connectivity index is 1.41. The molecule has 4 aromatic rings. The fraction of sp³-hybridized carbons (Fsp3) is 0.205. The molecule has 0 saturated carbocycles. The molecule has 0 radical (unpaired) electrons. The summed E-state index contributed by atoms with van der Waals surface area (Å²) in [5, 5.41) is 9.30. The van der Waals surface area contributed by atoms with Gasteiger partial charge in [0.15, 0.2) is 0 Å². The number of allylic oxidation sites excluding steroid dienone is 4. The number of pyridine rings is 1. The summed E-state index contributed by atoms with van der Waals surface area (Å²) in [7, 11) is 1.83. The number of halogens is 1. The molecule has 3 N–H and O–H groups in total. The zero-order chi connectivity index (χ0) is 33.6. The Labute approximate surface area is 276 Å². The minimum atomic E-state index is -0.608. The Bertz CT molecular complexity index is 1970. The van der Waals surface area contributed by atoms with Crippen molar-refractivity contribution in [2.45, 2.75) is 46.0 Å². The number of aryl methyl sites for hydroxylation is 1. The summed E-state index contributed by atoms with van der Waals surface area (Å²) in [5.74, 6) is 5.98. The molecule has 0 atom stereocenters. The van der Waals surface area contributed by atoms with Crippen molar-refractivity contribution in [2.24, 2.45) is 0 Å². The van der Waals surface area contributed by atoms with Crippen LogP contribution in [0.4, 0.5) is 10.1 Å². The highest BCUT2D eigenvalue weighted by atomic mass is 19.1. The van der Waals surface area contributed by atoms with E-state index >= 15 is 4.39 Å². The number of nitrogens with zero attached hydrogens (tertiary/aromatic N) is 3. The molecule has 2 aromatic heterocycles. The Morgan fingerprint density at radius 2 is 1.89 bits per heavy atom. The van der Waals surface area contributed by atoms with E-state index in [1.807, 2.05) is 60.4 Å². The average molecular weight is 627 g/mol. The van der Waals surface area contributed by atoms with E-state index in [1.54, 1.807) is 31.6 Å². The minimum Gasteiger partial charge on any atom is -0.392 e. The highest BCUT2D eigenvalue weighted by Gasteiger charge is 2.21. The van der Waals surface area contributed by atoms with Gasteiger partial charge in [-0.2, -0.15) is 0 Å². The Morgan fingerprint density at radius 3 is 2.62 bits per heavy atom. The van der Waals surface area contributed by atoms with Crippen molar-refractivity contribution in [1.82, 2.24) is 25.2 Å². The van der Waals surface area contributed by atoms with Crippen molar-refractivity contribution < 1.29 is 9.18 Å². The third-order valence-electron chi connectivity index (χ3n) is 8.33. The van der Waals surface area contributed by atoms with Crippen LogP contribution in [0.3, 0.4) is 0 Å². The van der Waals surface area contributed by atoms with Crippen LogP contribution in [0, 0.1) is 24.6 Å². The topological polar surface area (TPSA) is 83.9 Å².